The van der Waals surface area contributed by atoms with Crippen LogP contribution in [0.25, 0.3) is 22.7 Å². The summed E-state index contributed by atoms with van der Waals surface area (Å²) < 4.78 is 20.8. The van der Waals surface area contributed by atoms with E-state index in [1.54, 1.807) is 22.8 Å². The molecule has 1 aromatic carbocycles. The van der Waals surface area contributed by atoms with Crippen LogP contribution in [-0.4, -0.2) is 14.5 Å². The highest BCUT2D eigenvalue weighted by molar-refractivity contribution is 5.71. The highest BCUT2D eigenvalue weighted by atomic mass is 19.1. The minimum Gasteiger partial charge on any atom is -0.417 e. The second-order valence-electron chi connectivity index (χ2n) is 4.74. The van der Waals surface area contributed by atoms with Crippen LogP contribution < -0.4 is 5.56 Å². The number of nitrogens with zero attached hydrogens (tertiary/aromatic N) is 3. The van der Waals surface area contributed by atoms with Crippen LogP contribution in [0.5, 0.6) is 0 Å². The Labute approximate surface area is 112 Å². The van der Waals surface area contributed by atoms with Gasteiger partial charge in [-0.05, 0) is 18.6 Å². The fourth-order valence-electron chi connectivity index (χ4n) is 2.52. The molecule has 0 aliphatic carbocycles. The van der Waals surface area contributed by atoms with Crippen LogP contribution in [0.1, 0.15) is 12.2 Å². The molecule has 0 spiro atoms. The van der Waals surface area contributed by atoms with E-state index in [9.17, 15) is 9.18 Å². The summed E-state index contributed by atoms with van der Waals surface area (Å²) in [6.07, 6.45) is 1.65. The van der Waals surface area contributed by atoms with Crippen LogP contribution >= 0.6 is 0 Å². The van der Waals surface area contributed by atoms with E-state index in [2.05, 4.69) is 9.97 Å². The zero-order valence-electron chi connectivity index (χ0n) is 10.5. The second kappa shape index (κ2) is 4.00. The first-order valence-corrected chi connectivity index (χ1v) is 6.39. The summed E-state index contributed by atoms with van der Waals surface area (Å²) >= 11 is 0. The normalized spacial score (nSPS) is 13.8. The van der Waals surface area contributed by atoms with Gasteiger partial charge in [-0.1, -0.05) is 12.1 Å². The van der Waals surface area contributed by atoms with Crippen molar-refractivity contribution < 1.29 is 8.81 Å². The van der Waals surface area contributed by atoms with Crippen molar-refractivity contribution in [3.8, 4) is 11.5 Å². The van der Waals surface area contributed by atoms with Gasteiger partial charge in [0.25, 0.3) is 11.3 Å². The standard InChI is InChI=1S/C14H10FN3O2/c15-9-5-2-1-4-8(9)12-17-11-13(20-12)16-10-6-3-7-18(10)14(11)19/h1-2,4-5H,3,6-7H2. The first-order chi connectivity index (χ1) is 9.74. The molecule has 0 saturated carbocycles. The van der Waals surface area contributed by atoms with E-state index >= 15 is 0 Å². The topological polar surface area (TPSA) is 60.9 Å². The molecule has 0 radical (unpaired) electrons. The molecule has 2 aromatic heterocycles. The van der Waals surface area contributed by atoms with Gasteiger partial charge in [0.1, 0.15) is 11.6 Å². The highest BCUT2D eigenvalue weighted by Crippen LogP contribution is 2.24. The van der Waals surface area contributed by atoms with E-state index in [1.807, 2.05) is 0 Å². The molecule has 100 valence electrons. The Hall–Kier alpha value is -2.50. The minimum absolute atomic E-state index is 0.0898. The van der Waals surface area contributed by atoms with Crippen LogP contribution in [-0.2, 0) is 13.0 Å². The van der Waals surface area contributed by atoms with E-state index in [4.69, 9.17) is 4.42 Å². The Morgan fingerprint density at radius 2 is 2.10 bits per heavy atom. The van der Waals surface area contributed by atoms with Gasteiger partial charge in [0.05, 0.1) is 5.56 Å². The molecule has 1 aliphatic heterocycles. The molecule has 0 atom stereocenters. The number of hydrogen-bond donors (Lipinski definition) is 0. The minimum atomic E-state index is -0.438. The molecule has 0 fully saturated rings. The number of fused-ring (bicyclic) bond motifs is 2. The summed E-state index contributed by atoms with van der Waals surface area (Å²) in [5.74, 6) is 0.359. The summed E-state index contributed by atoms with van der Waals surface area (Å²) in [6.45, 7) is 0.652. The molecule has 3 heterocycles. The van der Waals surface area contributed by atoms with Gasteiger partial charge in [-0.15, -0.1) is 0 Å². The van der Waals surface area contributed by atoms with Crippen molar-refractivity contribution in [2.45, 2.75) is 19.4 Å². The first kappa shape index (κ1) is 11.3. The molecule has 5 nitrogen and oxygen atoms in total. The average Bonchev–Trinajstić information content (AvgIpc) is 3.06. The molecular weight excluding hydrogens is 261 g/mol. The summed E-state index contributed by atoms with van der Waals surface area (Å²) in [4.78, 5) is 20.7. The average molecular weight is 271 g/mol. The molecule has 3 aromatic rings. The van der Waals surface area contributed by atoms with Gasteiger partial charge in [0, 0.05) is 13.0 Å². The third-order valence-electron chi connectivity index (χ3n) is 3.49. The maximum absolute atomic E-state index is 13.7. The predicted molar refractivity (Wildman–Crippen MR) is 69.8 cm³/mol. The van der Waals surface area contributed by atoms with Gasteiger partial charge in [0.15, 0.2) is 5.52 Å². The van der Waals surface area contributed by atoms with Crippen LogP contribution in [0.2, 0.25) is 0 Å². The fraction of sp³-hybridized carbons (Fsp3) is 0.214. The largest absolute Gasteiger partial charge is 0.417 e. The summed E-state index contributed by atoms with van der Waals surface area (Å²) in [5.41, 5.74) is 0.360. The van der Waals surface area contributed by atoms with Gasteiger partial charge in [-0.25, -0.2) is 9.37 Å². The van der Waals surface area contributed by atoms with Crippen LogP contribution in [0.4, 0.5) is 4.39 Å². The monoisotopic (exact) mass is 271 g/mol. The van der Waals surface area contributed by atoms with Crippen molar-refractivity contribution in [3.63, 3.8) is 0 Å². The van der Waals surface area contributed by atoms with E-state index < -0.39 is 5.82 Å². The van der Waals surface area contributed by atoms with Gasteiger partial charge >= 0.3 is 0 Å². The summed E-state index contributed by atoms with van der Waals surface area (Å²) in [6, 6.07) is 6.16. The third kappa shape index (κ3) is 1.51. The summed E-state index contributed by atoms with van der Waals surface area (Å²) in [7, 11) is 0. The van der Waals surface area contributed by atoms with E-state index in [0.717, 1.165) is 12.8 Å². The number of rotatable bonds is 1. The number of benzene rings is 1. The molecule has 1 aliphatic rings. The smallest absolute Gasteiger partial charge is 0.283 e. The molecule has 4 rings (SSSR count). The first-order valence-electron chi connectivity index (χ1n) is 6.39. The quantitative estimate of drug-likeness (QED) is 0.680. The van der Waals surface area contributed by atoms with E-state index in [0.29, 0.717) is 12.4 Å². The van der Waals surface area contributed by atoms with Crippen LogP contribution in [0.15, 0.2) is 33.5 Å². The Bertz CT molecular complexity index is 882. The van der Waals surface area contributed by atoms with Crippen LogP contribution in [0, 0.1) is 5.82 Å². The number of hydrogen-bond acceptors (Lipinski definition) is 4. The third-order valence-corrected chi connectivity index (χ3v) is 3.49. The molecular formula is C14H10FN3O2. The predicted octanol–water partition coefficient (Wildman–Crippen LogP) is 2.14. The number of aryl methyl sites for hydroxylation is 1. The maximum atomic E-state index is 13.7. The molecule has 0 bridgehead atoms. The molecule has 0 unspecified atom stereocenters. The molecule has 0 N–H and O–H groups in total. The lowest BCUT2D eigenvalue weighted by atomic mass is 10.2. The fourth-order valence-corrected chi connectivity index (χ4v) is 2.52. The number of halogens is 1. The lowest BCUT2D eigenvalue weighted by Gasteiger charge is -1.98. The molecule has 20 heavy (non-hydrogen) atoms. The molecule has 0 amide bonds. The van der Waals surface area contributed by atoms with Crippen molar-refractivity contribution in [1.29, 1.82) is 0 Å². The zero-order valence-corrected chi connectivity index (χ0v) is 10.5. The number of aromatic nitrogens is 3. The lowest BCUT2D eigenvalue weighted by molar-refractivity contribution is 0.583. The molecule has 6 heteroatoms. The van der Waals surface area contributed by atoms with Gasteiger partial charge in [-0.2, -0.15) is 4.98 Å². The van der Waals surface area contributed by atoms with Gasteiger partial charge in [-0.3, -0.25) is 9.36 Å². The lowest BCUT2D eigenvalue weighted by Crippen LogP contribution is -2.20. The van der Waals surface area contributed by atoms with Crippen molar-refractivity contribution in [3.05, 3.63) is 46.3 Å². The summed E-state index contributed by atoms with van der Waals surface area (Å²) in [5, 5.41) is 0. The Kier molecular flexibility index (Phi) is 2.26. The Balaban J connectivity index is 1.99. The Morgan fingerprint density at radius 3 is 2.95 bits per heavy atom. The molecule has 0 saturated heterocycles. The van der Waals surface area contributed by atoms with E-state index in [-0.39, 0.29) is 28.2 Å². The van der Waals surface area contributed by atoms with Crippen LogP contribution in [0.3, 0.4) is 0 Å². The SMILES string of the molecule is O=c1c2nc(-c3ccccc3F)oc2nc2n1CCC2. The highest BCUT2D eigenvalue weighted by Gasteiger charge is 2.21. The van der Waals surface area contributed by atoms with Crippen molar-refractivity contribution in [2.75, 3.05) is 0 Å². The zero-order chi connectivity index (χ0) is 13.7. The maximum Gasteiger partial charge on any atom is 0.283 e. The van der Waals surface area contributed by atoms with E-state index in [1.165, 1.54) is 6.07 Å². The van der Waals surface area contributed by atoms with Gasteiger partial charge < -0.3 is 4.42 Å². The van der Waals surface area contributed by atoms with Crippen molar-refractivity contribution >= 4 is 11.2 Å². The van der Waals surface area contributed by atoms with Crippen molar-refractivity contribution in [1.82, 2.24) is 14.5 Å². The van der Waals surface area contributed by atoms with Crippen molar-refractivity contribution in [2.24, 2.45) is 0 Å². The number of oxazole rings is 1. The van der Waals surface area contributed by atoms with Gasteiger partial charge in [0.2, 0.25) is 5.89 Å². The Morgan fingerprint density at radius 1 is 1.25 bits per heavy atom. The second-order valence-corrected chi connectivity index (χ2v) is 4.74.